The lowest BCUT2D eigenvalue weighted by atomic mass is 10.1. The second kappa shape index (κ2) is 7.99. The zero-order chi connectivity index (χ0) is 16.9. The zero-order valence-electron chi connectivity index (χ0n) is 14.7. The molecule has 0 aliphatic carbocycles. The molecule has 0 radical (unpaired) electrons. The number of nitrogens with zero attached hydrogens (tertiary/aromatic N) is 1. The molecule has 3 rings (SSSR count). The Hall–Kier alpha value is -1.59. The third-order valence-corrected chi connectivity index (χ3v) is 4.63. The first-order valence-electron chi connectivity index (χ1n) is 8.98. The molecule has 132 valence electrons. The fraction of sp³-hybridized carbons (Fsp3) is 0.632. The predicted molar refractivity (Wildman–Crippen MR) is 93.4 cm³/mol. The summed E-state index contributed by atoms with van der Waals surface area (Å²) in [5.41, 5.74) is 0.631. The highest BCUT2D eigenvalue weighted by molar-refractivity contribution is 5.94. The summed E-state index contributed by atoms with van der Waals surface area (Å²) in [7, 11) is 0. The topological polar surface area (TPSA) is 50.8 Å². The van der Waals surface area contributed by atoms with E-state index in [0.717, 1.165) is 25.4 Å². The van der Waals surface area contributed by atoms with Gasteiger partial charge in [0.05, 0.1) is 19.3 Å². The van der Waals surface area contributed by atoms with Gasteiger partial charge in [-0.15, -0.1) is 0 Å². The number of rotatable bonds is 6. The molecule has 2 fully saturated rings. The Morgan fingerprint density at radius 3 is 3.17 bits per heavy atom. The van der Waals surface area contributed by atoms with E-state index in [0.29, 0.717) is 30.7 Å². The van der Waals surface area contributed by atoms with E-state index in [1.54, 1.807) is 6.07 Å². The van der Waals surface area contributed by atoms with Gasteiger partial charge in [0.15, 0.2) is 0 Å². The molecule has 2 aliphatic heterocycles. The van der Waals surface area contributed by atoms with Crippen molar-refractivity contribution < 1.29 is 14.3 Å². The van der Waals surface area contributed by atoms with Crippen LogP contribution in [0.2, 0.25) is 0 Å². The Morgan fingerprint density at radius 2 is 2.33 bits per heavy atom. The van der Waals surface area contributed by atoms with Crippen molar-refractivity contribution in [2.75, 3.05) is 32.8 Å². The quantitative estimate of drug-likeness (QED) is 0.868. The summed E-state index contributed by atoms with van der Waals surface area (Å²) in [6.45, 7) is 8.28. The number of hydrogen-bond donors (Lipinski definition) is 1. The zero-order valence-corrected chi connectivity index (χ0v) is 14.7. The van der Waals surface area contributed by atoms with Crippen molar-refractivity contribution in [3.63, 3.8) is 0 Å². The molecule has 0 spiro atoms. The molecular weight excluding hydrogens is 304 g/mol. The van der Waals surface area contributed by atoms with Gasteiger partial charge in [-0.05, 0) is 43.5 Å². The molecule has 1 aromatic carbocycles. The highest BCUT2D eigenvalue weighted by Crippen LogP contribution is 2.22. The molecule has 2 heterocycles. The first-order chi connectivity index (χ1) is 11.6. The normalized spacial score (nSPS) is 24.0. The number of carbonyl (C=O) groups excluding carboxylic acids is 1. The molecule has 1 amide bonds. The third kappa shape index (κ3) is 4.48. The Balaban J connectivity index is 1.49. The molecular formula is C19H28N2O3. The van der Waals surface area contributed by atoms with Gasteiger partial charge >= 0.3 is 0 Å². The molecule has 0 saturated carbocycles. The van der Waals surface area contributed by atoms with Gasteiger partial charge in [0, 0.05) is 24.7 Å². The summed E-state index contributed by atoms with van der Waals surface area (Å²) in [6.07, 6.45) is 2.59. The monoisotopic (exact) mass is 332 g/mol. The van der Waals surface area contributed by atoms with Crippen LogP contribution in [-0.2, 0) is 4.74 Å². The van der Waals surface area contributed by atoms with Crippen molar-refractivity contribution in [2.45, 2.75) is 38.8 Å². The number of amides is 1. The maximum absolute atomic E-state index is 12.4. The molecule has 5 heteroatoms. The van der Waals surface area contributed by atoms with Gasteiger partial charge in [0.25, 0.3) is 5.91 Å². The van der Waals surface area contributed by atoms with Crippen LogP contribution in [0.3, 0.4) is 0 Å². The number of morpholine rings is 1. The van der Waals surface area contributed by atoms with Crippen molar-refractivity contribution in [2.24, 2.45) is 5.92 Å². The van der Waals surface area contributed by atoms with Crippen LogP contribution in [0.4, 0.5) is 0 Å². The van der Waals surface area contributed by atoms with Crippen LogP contribution < -0.4 is 10.1 Å². The van der Waals surface area contributed by atoms with Gasteiger partial charge in [0.1, 0.15) is 5.75 Å². The van der Waals surface area contributed by atoms with Crippen LogP contribution in [0.1, 0.15) is 37.0 Å². The van der Waals surface area contributed by atoms with Gasteiger partial charge in [-0.1, -0.05) is 19.9 Å². The number of hydrogen-bond acceptors (Lipinski definition) is 4. The summed E-state index contributed by atoms with van der Waals surface area (Å²) < 4.78 is 11.6. The van der Waals surface area contributed by atoms with Crippen molar-refractivity contribution >= 4 is 5.91 Å². The van der Waals surface area contributed by atoms with Crippen LogP contribution in [0, 0.1) is 5.92 Å². The SMILES string of the molecule is CC(C)COc1cccc(C(=O)NC[C@@H]2CN3CCC[C@H]3CO2)c1. The molecule has 2 atom stereocenters. The van der Waals surface area contributed by atoms with Gasteiger partial charge in [-0.25, -0.2) is 0 Å². The van der Waals surface area contributed by atoms with E-state index in [1.165, 1.54) is 12.8 Å². The van der Waals surface area contributed by atoms with Crippen molar-refractivity contribution in [1.82, 2.24) is 10.2 Å². The van der Waals surface area contributed by atoms with Crippen LogP contribution in [0.5, 0.6) is 5.75 Å². The lowest BCUT2D eigenvalue weighted by Gasteiger charge is -2.35. The molecule has 0 unspecified atom stereocenters. The maximum atomic E-state index is 12.4. The van der Waals surface area contributed by atoms with E-state index in [2.05, 4.69) is 24.1 Å². The van der Waals surface area contributed by atoms with E-state index in [-0.39, 0.29) is 12.0 Å². The Bertz CT molecular complexity index is 561. The molecule has 0 aromatic heterocycles. The fourth-order valence-corrected chi connectivity index (χ4v) is 3.31. The smallest absolute Gasteiger partial charge is 0.251 e. The van der Waals surface area contributed by atoms with Crippen molar-refractivity contribution in [3.05, 3.63) is 29.8 Å². The number of benzene rings is 1. The second-order valence-electron chi connectivity index (χ2n) is 7.19. The van der Waals surface area contributed by atoms with Gasteiger partial charge in [-0.2, -0.15) is 0 Å². The Labute approximate surface area is 144 Å². The highest BCUT2D eigenvalue weighted by atomic mass is 16.5. The largest absolute Gasteiger partial charge is 0.493 e. The summed E-state index contributed by atoms with van der Waals surface area (Å²) in [5, 5.41) is 2.99. The van der Waals surface area contributed by atoms with Gasteiger partial charge in [0.2, 0.25) is 0 Å². The summed E-state index contributed by atoms with van der Waals surface area (Å²) >= 11 is 0. The van der Waals surface area contributed by atoms with E-state index in [4.69, 9.17) is 9.47 Å². The Kier molecular flexibility index (Phi) is 5.74. The summed E-state index contributed by atoms with van der Waals surface area (Å²) in [5.74, 6) is 1.13. The molecule has 0 bridgehead atoms. The number of carbonyl (C=O) groups is 1. The van der Waals surface area contributed by atoms with Crippen LogP contribution in [0.25, 0.3) is 0 Å². The van der Waals surface area contributed by atoms with Crippen LogP contribution >= 0.6 is 0 Å². The Morgan fingerprint density at radius 1 is 1.46 bits per heavy atom. The van der Waals surface area contributed by atoms with E-state index in [1.807, 2.05) is 18.2 Å². The van der Waals surface area contributed by atoms with E-state index < -0.39 is 0 Å². The molecule has 2 saturated heterocycles. The van der Waals surface area contributed by atoms with E-state index >= 15 is 0 Å². The summed E-state index contributed by atoms with van der Waals surface area (Å²) in [4.78, 5) is 14.9. The molecule has 1 N–H and O–H groups in total. The number of nitrogens with one attached hydrogen (secondary N) is 1. The van der Waals surface area contributed by atoms with Gasteiger partial charge in [-0.3, -0.25) is 9.69 Å². The van der Waals surface area contributed by atoms with Crippen LogP contribution in [0.15, 0.2) is 24.3 Å². The molecule has 1 aromatic rings. The first-order valence-corrected chi connectivity index (χ1v) is 8.98. The predicted octanol–water partition coefficient (Wildman–Crippen LogP) is 2.31. The van der Waals surface area contributed by atoms with Crippen molar-refractivity contribution in [3.8, 4) is 5.75 Å². The second-order valence-corrected chi connectivity index (χ2v) is 7.19. The molecule has 5 nitrogen and oxygen atoms in total. The minimum Gasteiger partial charge on any atom is -0.493 e. The molecule has 24 heavy (non-hydrogen) atoms. The average molecular weight is 332 g/mol. The minimum atomic E-state index is -0.0721. The van der Waals surface area contributed by atoms with Crippen molar-refractivity contribution in [1.29, 1.82) is 0 Å². The lowest BCUT2D eigenvalue weighted by Crippen LogP contribution is -2.50. The van der Waals surface area contributed by atoms with Gasteiger partial charge < -0.3 is 14.8 Å². The summed E-state index contributed by atoms with van der Waals surface area (Å²) in [6, 6.07) is 7.95. The van der Waals surface area contributed by atoms with E-state index in [9.17, 15) is 4.79 Å². The lowest BCUT2D eigenvalue weighted by molar-refractivity contribution is -0.0461. The van der Waals surface area contributed by atoms with Crippen LogP contribution in [-0.4, -0.2) is 55.8 Å². The fourth-order valence-electron chi connectivity index (χ4n) is 3.31. The minimum absolute atomic E-state index is 0.0721. The molecule has 2 aliphatic rings. The average Bonchev–Trinajstić information content (AvgIpc) is 3.06. The highest BCUT2D eigenvalue weighted by Gasteiger charge is 2.32. The third-order valence-electron chi connectivity index (χ3n) is 4.63. The first kappa shape index (κ1) is 17.2. The standard InChI is InChI=1S/C19H28N2O3/c1-14(2)12-23-17-7-3-5-15(9-17)19(22)20-10-18-11-21-8-4-6-16(21)13-24-18/h3,5,7,9,14,16,18H,4,6,8,10-13H2,1-2H3,(H,20,22)/t16-,18+/m0/s1. The number of ether oxygens (including phenoxy) is 2. The maximum Gasteiger partial charge on any atom is 0.251 e. The number of fused-ring (bicyclic) bond motifs is 1.